The molecule has 34 heavy (non-hydrogen) atoms. The number of fused-ring (bicyclic) bond motifs is 1. The van der Waals surface area contributed by atoms with Gasteiger partial charge in [-0.2, -0.15) is 4.31 Å². The molecule has 3 aromatic rings. The fourth-order valence-corrected chi connectivity index (χ4v) is 5.30. The van der Waals surface area contributed by atoms with Gasteiger partial charge in [-0.3, -0.25) is 4.79 Å². The molecular weight excluding hydrogens is 487 g/mol. The van der Waals surface area contributed by atoms with Crippen molar-refractivity contribution in [3.05, 3.63) is 59.7 Å². The smallest absolute Gasteiger partial charge is 0.443 e. The van der Waals surface area contributed by atoms with E-state index in [1.165, 1.54) is 12.1 Å². The average Bonchev–Trinajstić information content (AvgIpc) is 3.40. The molecule has 13 heteroatoms. The Bertz CT molecular complexity index is 1340. The number of carbonyl (C=O) groups excluding carboxylic acids is 1. The highest BCUT2D eigenvalue weighted by atomic mass is 32.2. The monoisotopic (exact) mass is 504 g/mol. The first-order valence-corrected chi connectivity index (χ1v) is 11.4. The minimum absolute atomic E-state index is 0.0337. The van der Waals surface area contributed by atoms with Gasteiger partial charge in [0.05, 0.1) is 0 Å². The normalized spacial score (nSPS) is 17.3. The fourth-order valence-electron chi connectivity index (χ4n) is 3.69. The van der Waals surface area contributed by atoms with Crippen LogP contribution in [0.15, 0.2) is 52.0 Å². The topological polar surface area (TPSA) is 88.9 Å². The van der Waals surface area contributed by atoms with Crippen LogP contribution in [0, 0.1) is 11.6 Å². The molecule has 0 aliphatic carbocycles. The Morgan fingerprint density at radius 2 is 1.91 bits per heavy atom. The van der Waals surface area contributed by atoms with Crippen LogP contribution in [0.4, 0.5) is 22.0 Å². The van der Waals surface area contributed by atoms with E-state index in [-0.39, 0.29) is 36.0 Å². The average molecular weight is 504 g/mol. The predicted molar refractivity (Wildman–Crippen MR) is 108 cm³/mol. The third-order valence-electron chi connectivity index (χ3n) is 5.21. The van der Waals surface area contributed by atoms with Crippen LogP contribution in [0.1, 0.15) is 18.4 Å². The van der Waals surface area contributed by atoms with Crippen LogP contribution in [0.5, 0.6) is 5.75 Å². The van der Waals surface area contributed by atoms with Gasteiger partial charge in [-0.15, -0.1) is 13.2 Å². The summed E-state index contributed by atoms with van der Waals surface area (Å²) in [6, 6.07) is 6.31. The molecule has 1 aliphatic rings. The number of halogens is 5. The summed E-state index contributed by atoms with van der Waals surface area (Å²) in [7, 11) is -4.23. The van der Waals surface area contributed by atoms with Gasteiger partial charge in [0, 0.05) is 24.5 Å². The first-order chi connectivity index (χ1) is 15.9. The van der Waals surface area contributed by atoms with Gasteiger partial charge in [-0.05, 0) is 48.7 Å². The van der Waals surface area contributed by atoms with Gasteiger partial charge < -0.3 is 14.5 Å². The van der Waals surface area contributed by atoms with Crippen molar-refractivity contribution in [2.24, 2.45) is 0 Å². The van der Waals surface area contributed by atoms with Crippen molar-refractivity contribution < 1.29 is 44.3 Å². The number of rotatable bonds is 6. The zero-order chi connectivity index (χ0) is 24.7. The van der Waals surface area contributed by atoms with E-state index in [1.54, 1.807) is 0 Å². The number of ether oxygens (including phenoxy) is 1. The summed E-state index contributed by atoms with van der Waals surface area (Å²) in [5.41, 5.74) is 0.272. The molecule has 2 aromatic carbocycles. The Morgan fingerprint density at radius 3 is 2.65 bits per heavy atom. The third kappa shape index (κ3) is 4.99. The molecule has 2 heterocycles. The van der Waals surface area contributed by atoms with Crippen molar-refractivity contribution in [3.63, 3.8) is 0 Å². The van der Waals surface area contributed by atoms with E-state index in [2.05, 4.69) is 10.1 Å². The summed E-state index contributed by atoms with van der Waals surface area (Å²) in [4.78, 5) is 12.7. The maximum Gasteiger partial charge on any atom is 0.573 e. The summed E-state index contributed by atoms with van der Waals surface area (Å²) in [6.45, 7) is -0.256. The second-order valence-electron chi connectivity index (χ2n) is 7.55. The van der Waals surface area contributed by atoms with Gasteiger partial charge in [-0.1, -0.05) is 6.07 Å². The van der Waals surface area contributed by atoms with Gasteiger partial charge >= 0.3 is 6.36 Å². The SMILES string of the molecule is O=C(NCc1ccc(F)c(OC(F)(F)F)c1)[C@@H]1CCCN1S(=O)(=O)c1cc2cc(F)ccc2o1. The summed E-state index contributed by atoms with van der Waals surface area (Å²) in [5.74, 6) is -3.54. The van der Waals surface area contributed by atoms with Crippen LogP contribution < -0.4 is 10.1 Å². The molecule has 0 spiro atoms. The van der Waals surface area contributed by atoms with Gasteiger partial charge in [0.15, 0.2) is 11.6 Å². The number of amides is 1. The highest BCUT2D eigenvalue weighted by molar-refractivity contribution is 7.89. The largest absolute Gasteiger partial charge is 0.573 e. The quantitative estimate of drug-likeness (QED) is 0.511. The van der Waals surface area contributed by atoms with Gasteiger partial charge in [-0.25, -0.2) is 17.2 Å². The summed E-state index contributed by atoms with van der Waals surface area (Å²) < 4.78 is 100. The van der Waals surface area contributed by atoms with E-state index in [9.17, 15) is 35.2 Å². The number of sulfonamides is 1. The Labute approximate surface area is 190 Å². The second-order valence-corrected chi connectivity index (χ2v) is 9.37. The van der Waals surface area contributed by atoms with Crippen LogP contribution in [-0.2, 0) is 21.4 Å². The maximum absolute atomic E-state index is 13.6. The number of hydrogen-bond acceptors (Lipinski definition) is 5. The molecule has 0 unspecified atom stereocenters. The van der Waals surface area contributed by atoms with Crippen LogP contribution in [0.2, 0.25) is 0 Å². The van der Waals surface area contributed by atoms with Gasteiger partial charge in [0.25, 0.3) is 10.0 Å². The number of carbonyl (C=O) groups is 1. The number of nitrogens with one attached hydrogen (secondary N) is 1. The van der Waals surface area contributed by atoms with E-state index in [4.69, 9.17) is 4.42 Å². The van der Waals surface area contributed by atoms with Crippen molar-refractivity contribution >= 4 is 26.9 Å². The van der Waals surface area contributed by atoms with Crippen LogP contribution in [0.3, 0.4) is 0 Å². The Kier molecular flexibility index (Phi) is 6.25. The fraction of sp³-hybridized carbons (Fsp3) is 0.286. The molecule has 0 bridgehead atoms. The van der Waals surface area contributed by atoms with E-state index >= 15 is 0 Å². The Morgan fingerprint density at radius 1 is 1.15 bits per heavy atom. The molecule has 1 saturated heterocycles. The molecule has 182 valence electrons. The zero-order valence-electron chi connectivity index (χ0n) is 17.2. The van der Waals surface area contributed by atoms with Crippen molar-refractivity contribution in [1.82, 2.24) is 9.62 Å². The van der Waals surface area contributed by atoms with E-state index in [0.29, 0.717) is 6.42 Å². The molecule has 1 aromatic heterocycles. The Balaban J connectivity index is 1.48. The first kappa shape index (κ1) is 24.0. The minimum Gasteiger partial charge on any atom is -0.443 e. The van der Waals surface area contributed by atoms with E-state index in [1.807, 2.05) is 0 Å². The molecule has 1 N–H and O–H groups in total. The lowest BCUT2D eigenvalue weighted by atomic mass is 10.2. The molecule has 1 aliphatic heterocycles. The molecular formula is C21H17F5N2O5S. The minimum atomic E-state index is -5.09. The molecule has 1 fully saturated rings. The Hall–Kier alpha value is -3.19. The third-order valence-corrected chi connectivity index (χ3v) is 6.98. The zero-order valence-corrected chi connectivity index (χ0v) is 18.1. The molecule has 7 nitrogen and oxygen atoms in total. The standard InChI is InChI=1S/C21H17F5N2O5S/c22-14-4-6-17-13(9-14)10-19(32-17)34(30,31)28-7-1-2-16(28)20(29)27-11-12-3-5-15(23)18(8-12)33-21(24,25)26/h3-6,8-10,16H,1-2,7,11H2,(H,27,29)/t16-/m0/s1. The molecule has 4 rings (SSSR count). The van der Waals surface area contributed by atoms with Gasteiger partial charge in [0.1, 0.15) is 17.4 Å². The maximum atomic E-state index is 13.6. The van der Waals surface area contributed by atoms with Crippen LogP contribution in [0.25, 0.3) is 11.0 Å². The summed E-state index contributed by atoms with van der Waals surface area (Å²) >= 11 is 0. The number of benzene rings is 2. The second kappa shape index (κ2) is 8.87. The molecule has 1 atom stereocenters. The number of alkyl halides is 3. The highest BCUT2D eigenvalue weighted by Crippen LogP contribution is 2.31. The van der Waals surface area contributed by atoms with Gasteiger partial charge in [0.2, 0.25) is 11.0 Å². The van der Waals surface area contributed by atoms with Crippen molar-refractivity contribution in [3.8, 4) is 5.75 Å². The summed E-state index contributed by atoms with van der Waals surface area (Å²) in [6.07, 6.45) is -4.51. The lowest BCUT2D eigenvalue weighted by molar-refractivity contribution is -0.275. The highest BCUT2D eigenvalue weighted by Gasteiger charge is 2.41. The molecule has 0 radical (unpaired) electrons. The lowest BCUT2D eigenvalue weighted by Crippen LogP contribution is -2.45. The van der Waals surface area contributed by atoms with Crippen LogP contribution in [-0.4, -0.2) is 37.6 Å². The number of hydrogen-bond donors (Lipinski definition) is 1. The van der Waals surface area contributed by atoms with Crippen molar-refractivity contribution in [2.45, 2.75) is 36.9 Å². The van der Waals surface area contributed by atoms with E-state index in [0.717, 1.165) is 34.6 Å². The van der Waals surface area contributed by atoms with Crippen LogP contribution >= 0.6 is 0 Å². The predicted octanol–water partition coefficient (Wildman–Crippen LogP) is 4.08. The number of furan rings is 1. The summed E-state index contributed by atoms with van der Waals surface area (Å²) in [5, 5.41) is 2.25. The lowest BCUT2D eigenvalue weighted by Gasteiger charge is -2.22. The number of nitrogens with zero attached hydrogens (tertiary/aromatic N) is 1. The van der Waals surface area contributed by atoms with Crippen molar-refractivity contribution in [2.75, 3.05) is 6.54 Å². The molecule has 1 amide bonds. The van der Waals surface area contributed by atoms with E-state index < -0.39 is 50.8 Å². The van der Waals surface area contributed by atoms with Crippen molar-refractivity contribution in [1.29, 1.82) is 0 Å². The first-order valence-electron chi connectivity index (χ1n) is 9.97. The molecule has 0 saturated carbocycles.